The maximum Gasteiger partial charge on any atom is 0.303 e. The molecule has 0 unspecified atom stereocenters. The van der Waals surface area contributed by atoms with Crippen LogP contribution in [-0.4, -0.2) is 28.0 Å². The molecule has 1 aromatic heterocycles. The number of pyridine rings is 1. The van der Waals surface area contributed by atoms with Gasteiger partial charge in [-0.3, -0.25) is 9.59 Å². The Balaban J connectivity index is 1.81. The number of rotatable bonds is 6. The maximum absolute atomic E-state index is 11.4. The lowest BCUT2D eigenvalue weighted by atomic mass is 10.3. The van der Waals surface area contributed by atoms with Gasteiger partial charge in [-0.05, 0) is 25.0 Å². The third-order valence-corrected chi connectivity index (χ3v) is 2.55. The van der Waals surface area contributed by atoms with Crippen LogP contribution in [-0.2, 0) is 9.59 Å². The molecule has 0 saturated heterocycles. The molecule has 1 aliphatic carbocycles. The summed E-state index contributed by atoms with van der Waals surface area (Å²) < 4.78 is 0. The second-order valence-electron chi connectivity index (χ2n) is 4.29. The number of amides is 1. The van der Waals surface area contributed by atoms with Crippen LogP contribution >= 0.6 is 0 Å². The predicted octanol–water partition coefficient (Wildman–Crippen LogP) is 1.46. The van der Waals surface area contributed by atoms with Gasteiger partial charge in [0, 0.05) is 12.5 Å². The highest BCUT2D eigenvalue weighted by atomic mass is 16.4. The monoisotopic (exact) mass is 249 g/mol. The minimum absolute atomic E-state index is 0.0426. The van der Waals surface area contributed by atoms with E-state index >= 15 is 0 Å². The van der Waals surface area contributed by atoms with E-state index in [4.69, 9.17) is 5.11 Å². The number of carboxylic acid groups (broad SMARTS) is 1. The standard InChI is InChI=1S/C12H15N3O3/c16-11(5-6-12(17)18)15-10-4-3-9(7-13-10)14-8-1-2-8/h3-4,7-8,14H,1-2,5-6H2,(H,17,18)(H,13,15,16). The molecule has 0 spiro atoms. The summed E-state index contributed by atoms with van der Waals surface area (Å²) >= 11 is 0. The van der Waals surface area contributed by atoms with Crippen LogP contribution in [0.2, 0.25) is 0 Å². The average molecular weight is 249 g/mol. The fraction of sp³-hybridized carbons (Fsp3) is 0.417. The van der Waals surface area contributed by atoms with Crippen molar-refractivity contribution in [2.75, 3.05) is 10.6 Å². The molecule has 18 heavy (non-hydrogen) atoms. The summed E-state index contributed by atoms with van der Waals surface area (Å²) in [6, 6.07) is 4.10. The summed E-state index contributed by atoms with van der Waals surface area (Å²) in [6.45, 7) is 0. The molecule has 96 valence electrons. The Labute approximate surface area is 104 Å². The van der Waals surface area contributed by atoms with Crippen molar-refractivity contribution >= 4 is 23.4 Å². The summed E-state index contributed by atoms with van der Waals surface area (Å²) in [7, 11) is 0. The molecule has 0 aliphatic heterocycles. The quantitative estimate of drug-likeness (QED) is 0.710. The van der Waals surface area contributed by atoms with E-state index in [0.29, 0.717) is 11.9 Å². The molecule has 1 aliphatic rings. The molecule has 1 amide bonds. The van der Waals surface area contributed by atoms with Gasteiger partial charge in [-0.1, -0.05) is 0 Å². The minimum Gasteiger partial charge on any atom is -0.481 e. The third kappa shape index (κ3) is 4.04. The van der Waals surface area contributed by atoms with Crippen molar-refractivity contribution in [1.29, 1.82) is 0 Å². The Morgan fingerprint density at radius 1 is 1.33 bits per heavy atom. The number of nitrogens with one attached hydrogen (secondary N) is 2. The second kappa shape index (κ2) is 5.48. The highest BCUT2D eigenvalue weighted by Crippen LogP contribution is 2.24. The highest BCUT2D eigenvalue weighted by molar-refractivity contribution is 5.91. The lowest BCUT2D eigenvalue weighted by molar-refractivity contribution is -0.138. The molecular formula is C12H15N3O3. The van der Waals surface area contributed by atoms with Crippen molar-refractivity contribution in [2.45, 2.75) is 31.7 Å². The van der Waals surface area contributed by atoms with Gasteiger partial charge in [0.2, 0.25) is 5.91 Å². The molecule has 0 aromatic carbocycles. The highest BCUT2D eigenvalue weighted by Gasteiger charge is 2.20. The lowest BCUT2D eigenvalue weighted by Gasteiger charge is -2.06. The molecule has 6 nitrogen and oxygen atoms in total. The van der Waals surface area contributed by atoms with Gasteiger partial charge in [0.05, 0.1) is 18.3 Å². The van der Waals surface area contributed by atoms with Gasteiger partial charge >= 0.3 is 5.97 Å². The minimum atomic E-state index is -0.984. The van der Waals surface area contributed by atoms with Crippen molar-refractivity contribution in [2.24, 2.45) is 0 Å². The van der Waals surface area contributed by atoms with Gasteiger partial charge < -0.3 is 15.7 Å². The molecule has 1 fully saturated rings. The van der Waals surface area contributed by atoms with Gasteiger partial charge in [-0.2, -0.15) is 0 Å². The van der Waals surface area contributed by atoms with Crippen LogP contribution in [0.3, 0.4) is 0 Å². The Kier molecular flexibility index (Phi) is 3.76. The van der Waals surface area contributed by atoms with Crippen molar-refractivity contribution in [3.8, 4) is 0 Å². The van der Waals surface area contributed by atoms with Crippen molar-refractivity contribution in [1.82, 2.24) is 4.98 Å². The van der Waals surface area contributed by atoms with Crippen LogP contribution < -0.4 is 10.6 Å². The zero-order chi connectivity index (χ0) is 13.0. The van der Waals surface area contributed by atoms with Gasteiger partial charge in [0.15, 0.2) is 0 Å². The number of carbonyl (C=O) groups excluding carboxylic acids is 1. The molecule has 0 atom stereocenters. The molecular weight excluding hydrogens is 234 g/mol. The van der Waals surface area contributed by atoms with Gasteiger partial charge in [-0.15, -0.1) is 0 Å². The largest absolute Gasteiger partial charge is 0.481 e. The number of carbonyl (C=O) groups is 2. The topological polar surface area (TPSA) is 91.3 Å². The first kappa shape index (κ1) is 12.3. The van der Waals surface area contributed by atoms with E-state index in [1.165, 1.54) is 12.8 Å². The predicted molar refractivity (Wildman–Crippen MR) is 66.4 cm³/mol. The average Bonchev–Trinajstić information content (AvgIpc) is 3.13. The number of aliphatic carboxylic acids is 1. The third-order valence-electron chi connectivity index (χ3n) is 2.55. The van der Waals surface area contributed by atoms with Crippen LogP contribution in [0.1, 0.15) is 25.7 Å². The van der Waals surface area contributed by atoms with E-state index in [-0.39, 0.29) is 18.7 Å². The van der Waals surface area contributed by atoms with Gasteiger partial charge in [0.1, 0.15) is 5.82 Å². The number of nitrogens with zero attached hydrogens (tertiary/aromatic N) is 1. The zero-order valence-electron chi connectivity index (χ0n) is 9.85. The lowest BCUT2D eigenvalue weighted by Crippen LogP contribution is -2.14. The molecule has 6 heteroatoms. The summed E-state index contributed by atoms with van der Waals surface area (Å²) in [5, 5.41) is 14.3. The van der Waals surface area contributed by atoms with E-state index in [0.717, 1.165) is 5.69 Å². The number of hydrogen-bond acceptors (Lipinski definition) is 4. The molecule has 0 bridgehead atoms. The second-order valence-corrected chi connectivity index (χ2v) is 4.29. The Bertz CT molecular complexity index is 440. The first-order valence-corrected chi connectivity index (χ1v) is 5.88. The smallest absolute Gasteiger partial charge is 0.303 e. The van der Waals surface area contributed by atoms with Gasteiger partial charge in [0.25, 0.3) is 0 Å². The summed E-state index contributed by atoms with van der Waals surface area (Å²) in [5.74, 6) is -0.887. The van der Waals surface area contributed by atoms with Crippen molar-refractivity contribution < 1.29 is 14.7 Å². The van der Waals surface area contributed by atoms with Gasteiger partial charge in [-0.25, -0.2) is 4.98 Å². The first-order valence-electron chi connectivity index (χ1n) is 5.88. The number of aromatic nitrogens is 1. The zero-order valence-corrected chi connectivity index (χ0v) is 9.85. The Morgan fingerprint density at radius 3 is 2.67 bits per heavy atom. The number of anilines is 2. The molecule has 1 aromatic rings. The summed E-state index contributed by atoms with van der Waals surface area (Å²) in [4.78, 5) is 25.7. The van der Waals surface area contributed by atoms with E-state index in [1.807, 2.05) is 6.07 Å². The normalized spacial score (nSPS) is 14.0. The van der Waals surface area contributed by atoms with Crippen molar-refractivity contribution in [3.63, 3.8) is 0 Å². The summed E-state index contributed by atoms with van der Waals surface area (Å²) in [6.07, 6.45) is 3.82. The maximum atomic E-state index is 11.4. The van der Waals surface area contributed by atoms with Crippen LogP contribution in [0.5, 0.6) is 0 Å². The molecule has 3 N–H and O–H groups in total. The van der Waals surface area contributed by atoms with Crippen LogP contribution in [0.15, 0.2) is 18.3 Å². The molecule has 1 heterocycles. The van der Waals surface area contributed by atoms with Crippen LogP contribution in [0.25, 0.3) is 0 Å². The summed E-state index contributed by atoms with van der Waals surface area (Å²) in [5.41, 5.74) is 0.932. The SMILES string of the molecule is O=C(O)CCC(=O)Nc1ccc(NC2CC2)cn1. The fourth-order valence-electron chi connectivity index (χ4n) is 1.44. The van der Waals surface area contributed by atoms with Crippen LogP contribution in [0.4, 0.5) is 11.5 Å². The Morgan fingerprint density at radius 2 is 2.11 bits per heavy atom. The van der Waals surface area contributed by atoms with E-state index in [2.05, 4.69) is 15.6 Å². The van der Waals surface area contributed by atoms with E-state index in [1.54, 1.807) is 12.3 Å². The number of carboxylic acids is 1. The van der Waals surface area contributed by atoms with Crippen molar-refractivity contribution in [3.05, 3.63) is 18.3 Å². The number of hydrogen-bond donors (Lipinski definition) is 3. The molecule has 1 saturated carbocycles. The fourth-order valence-corrected chi connectivity index (χ4v) is 1.44. The first-order chi connectivity index (χ1) is 8.63. The van der Waals surface area contributed by atoms with E-state index < -0.39 is 5.97 Å². The molecule has 2 rings (SSSR count). The van der Waals surface area contributed by atoms with Crippen LogP contribution in [0, 0.1) is 0 Å². The Hall–Kier alpha value is -2.11. The van der Waals surface area contributed by atoms with E-state index in [9.17, 15) is 9.59 Å². The molecule has 0 radical (unpaired) electrons.